The summed E-state index contributed by atoms with van der Waals surface area (Å²) in [7, 11) is -3.93. The van der Waals surface area contributed by atoms with Gasteiger partial charge in [-0.25, -0.2) is 8.42 Å². The van der Waals surface area contributed by atoms with Crippen LogP contribution in [0.15, 0.2) is 83.8 Å². The summed E-state index contributed by atoms with van der Waals surface area (Å²) >= 11 is 0. The number of amides is 1. The summed E-state index contributed by atoms with van der Waals surface area (Å²) in [5.41, 5.74) is 1.67. The van der Waals surface area contributed by atoms with Gasteiger partial charge in [0.2, 0.25) is 15.9 Å². The van der Waals surface area contributed by atoms with Crippen LogP contribution in [0, 0.1) is 17.0 Å². The van der Waals surface area contributed by atoms with Crippen LogP contribution in [0.5, 0.6) is 0 Å². The highest BCUT2D eigenvalue weighted by molar-refractivity contribution is 7.89. The summed E-state index contributed by atoms with van der Waals surface area (Å²) < 4.78 is 27.9. The zero-order valence-corrected chi connectivity index (χ0v) is 20.0. The molecule has 1 atom stereocenters. The molecule has 1 saturated heterocycles. The van der Waals surface area contributed by atoms with Crippen LogP contribution in [0.2, 0.25) is 0 Å². The number of nitro groups is 1. The second kappa shape index (κ2) is 10.3. The van der Waals surface area contributed by atoms with Crippen molar-refractivity contribution >= 4 is 27.3 Å². The Morgan fingerprint density at radius 1 is 0.943 bits per heavy atom. The molecule has 1 unspecified atom stereocenters. The Morgan fingerprint density at radius 2 is 1.54 bits per heavy atom. The van der Waals surface area contributed by atoms with Crippen LogP contribution in [-0.2, 0) is 14.8 Å². The number of aryl methyl sites for hydroxylation is 1. The summed E-state index contributed by atoms with van der Waals surface area (Å²) in [5.74, 6) is -0.201. The molecule has 1 aliphatic rings. The number of nitrogens with zero attached hydrogens (tertiary/aromatic N) is 3. The lowest BCUT2D eigenvalue weighted by atomic mass is 10.0. The molecule has 0 saturated carbocycles. The van der Waals surface area contributed by atoms with Crippen molar-refractivity contribution in [1.82, 2.24) is 9.21 Å². The van der Waals surface area contributed by atoms with Crippen molar-refractivity contribution in [1.29, 1.82) is 0 Å². The van der Waals surface area contributed by atoms with Gasteiger partial charge in [0, 0.05) is 44.0 Å². The molecule has 1 aliphatic heterocycles. The first-order chi connectivity index (χ1) is 16.8. The second-order valence-electron chi connectivity index (χ2n) is 8.32. The third-order valence-corrected chi connectivity index (χ3v) is 8.08. The normalized spacial score (nSPS) is 15.9. The minimum Gasteiger partial charge on any atom is -0.324 e. The molecule has 0 spiro atoms. The van der Waals surface area contributed by atoms with E-state index in [0.29, 0.717) is 24.3 Å². The van der Waals surface area contributed by atoms with Crippen molar-refractivity contribution in [3.8, 4) is 0 Å². The molecule has 10 heteroatoms. The van der Waals surface area contributed by atoms with Crippen molar-refractivity contribution in [3.63, 3.8) is 0 Å². The maximum Gasteiger partial charge on any atom is 0.270 e. The highest BCUT2D eigenvalue weighted by atomic mass is 32.2. The molecule has 0 radical (unpaired) electrons. The molecular formula is C25H26N4O5S. The van der Waals surface area contributed by atoms with Crippen molar-refractivity contribution in [2.24, 2.45) is 0 Å². The predicted octanol–water partition coefficient (Wildman–Crippen LogP) is 3.59. The number of nitro benzene ring substituents is 1. The molecule has 9 nitrogen and oxygen atoms in total. The number of anilines is 1. The summed E-state index contributed by atoms with van der Waals surface area (Å²) in [4.78, 5) is 25.8. The summed E-state index contributed by atoms with van der Waals surface area (Å²) in [5, 5.41) is 14.1. The van der Waals surface area contributed by atoms with E-state index in [9.17, 15) is 23.3 Å². The van der Waals surface area contributed by atoms with Gasteiger partial charge in [0.25, 0.3) is 5.69 Å². The van der Waals surface area contributed by atoms with Crippen LogP contribution in [0.4, 0.5) is 11.4 Å². The van der Waals surface area contributed by atoms with E-state index in [2.05, 4.69) is 5.32 Å². The lowest BCUT2D eigenvalue weighted by molar-refractivity contribution is -0.385. The standard InChI is InChI=1S/C25H26N4O5S/c1-19-12-13-22(29(31)32)18-23(19)35(33,34)28-16-14-27(15-17-28)24(20-8-4-2-5-9-20)25(30)26-21-10-6-3-7-11-21/h2-13,18,24H,14-17H2,1H3,(H,26,30). The summed E-state index contributed by atoms with van der Waals surface area (Å²) in [6, 6.07) is 21.8. The molecule has 182 valence electrons. The van der Waals surface area contributed by atoms with Gasteiger partial charge in [0.1, 0.15) is 6.04 Å². The predicted molar refractivity (Wildman–Crippen MR) is 132 cm³/mol. The lowest BCUT2D eigenvalue weighted by Crippen LogP contribution is -2.51. The number of carbonyl (C=O) groups is 1. The van der Waals surface area contributed by atoms with Gasteiger partial charge in [-0.3, -0.25) is 19.8 Å². The van der Waals surface area contributed by atoms with Gasteiger partial charge in [-0.05, 0) is 30.2 Å². The Labute approximate surface area is 204 Å². The Balaban J connectivity index is 1.54. The monoisotopic (exact) mass is 494 g/mol. The first-order valence-electron chi connectivity index (χ1n) is 11.2. The number of para-hydroxylation sites is 1. The van der Waals surface area contributed by atoms with Crippen molar-refractivity contribution in [2.75, 3.05) is 31.5 Å². The molecule has 1 heterocycles. The maximum absolute atomic E-state index is 13.3. The van der Waals surface area contributed by atoms with Crippen LogP contribution >= 0.6 is 0 Å². The number of hydrogen-bond donors (Lipinski definition) is 1. The fourth-order valence-electron chi connectivity index (χ4n) is 4.22. The van der Waals surface area contributed by atoms with Crippen molar-refractivity contribution in [3.05, 3.63) is 100 Å². The second-order valence-corrected chi connectivity index (χ2v) is 10.2. The number of carbonyl (C=O) groups excluding carboxylic acids is 1. The number of hydrogen-bond acceptors (Lipinski definition) is 6. The highest BCUT2D eigenvalue weighted by Crippen LogP contribution is 2.28. The van der Waals surface area contributed by atoms with Crippen LogP contribution in [-0.4, -0.2) is 54.6 Å². The fourth-order valence-corrected chi connectivity index (χ4v) is 5.88. The first-order valence-corrected chi connectivity index (χ1v) is 12.6. The average Bonchev–Trinajstić information content (AvgIpc) is 2.86. The van der Waals surface area contributed by atoms with Gasteiger partial charge >= 0.3 is 0 Å². The lowest BCUT2D eigenvalue weighted by Gasteiger charge is -2.38. The van der Waals surface area contributed by atoms with Gasteiger partial charge in [0.15, 0.2) is 0 Å². The van der Waals surface area contributed by atoms with Gasteiger partial charge < -0.3 is 5.32 Å². The van der Waals surface area contributed by atoms with Gasteiger partial charge in [-0.2, -0.15) is 4.31 Å². The van der Waals surface area contributed by atoms with Crippen LogP contribution in [0.1, 0.15) is 17.2 Å². The first kappa shape index (κ1) is 24.5. The molecule has 4 rings (SSSR count). The number of rotatable bonds is 7. The van der Waals surface area contributed by atoms with E-state index in [1.54, 1.807) is 6.92 Å². The smallest absolute Gasteiger partial charge is 0.270 e. The van der Waals surface area contributed by atoms with Gasteiger partial charge in [-0.1, -0.05) is 54.6 Å². The van der Waals surface area contributed by atoms with Crippen LogP contribution < -0.4 is 5.32 Å². The topological polar surface area (TPSA) is 113 Å². The molecule has 1 amide bonds. The molecule has 1 fully saturated rings. The number of sulfonamides is 1. The molecule has 3 aromatic carbocycles. The largest absolute Gasteiger partial charge is 0.324 e. The molecule has 35 heavy (non-hydrogen) atoms. The van der Waals surface area contributed by atoms with Crippen LogP contribution in [0.3, 0.4) is 0 Å². The zero-order chi connectivity index (χ0) is 25.0. The van der Waals surface area contributed by atoms with Crippen molar-refractivity contribution < 1.29 is 18.1 Å². The quantitative estimate of drug-likeness (QED) is 0.397. The summed E-state index contributed by atoms with van der Waals surface area (Å²) in [6.07, 6.45) is 0. The van der Waals surface area contributed by atoms with E-state index in [1.165, 1.54) is 16.4 Å². The average molecular weight is 495 g/mol. The van der Waals surface area contributed by atoms with Crippen molar-refractivity contribution in [2.45, 2.75) is 17.9 Å². The molecule has 0 aromatic heterocycles. The molecule has 0 bridgehead atoms. The number of benzene rings is 3. The van der Waals surface area contributed by atoms with E-state index in [-0.39, 0.29) is 29.6 Å². The van der Waals surface area contributed by atoms with Gasteiger partial charge in [-0.15, -0.1) is 0 Å². The maximum atomic E-state index is 13.3. The molecular weight excluding hydrogens is 468 g/mol. The minimum absolute atomic E-state index is 0.0680. The number of non-ortho nitro benzene ring substituents is 1. The Kier molecular flexibility index (Phi) is 7.25. The molecule has 3 aromatic rings. The fraction of sp³-hybridized carbons (Fsp3) is 0.240. The van der Waals surface area contributed by atoms with Gasteiger partial charge in [0.05, 0.1) is 9.82 Å². The van der Waals surface area contributed by atoms with E-state index >= 15 is 0 Å². The SMILES string of the molecule is Cc1ccc([N+](=O)[O-])cc1S(=O)(=O)N1CCN(C(C(=O)Nc2ccccc2)c2ccccc2)CC1. The Morgan fingerprint density at radius 3 is 2.14 bits per heavy atom. The Hall–Kier alpha value is -3.60. The van der Waals surface area contributed by atoms with E-state index in [1.807, 2.05) is 65.6 Å². The van der Waals surface area contributed by atoms with E-state index in [4.69, 9.17) is 0 Å². The Bertz CT molecular complexity index is 1310. The van der Waals surface area contributed by atoms with E-state index in [0.717, 1.165) is 11.6 Å². The molecule has 0 aliphatic carbocycles. The zero-order valence-electron chi connectivity index (χ0n) is 19.2. The van der Waals surface area contributed by atoms with Crippen LogP contribution in [0.25, 0.3) is 0 Å². The number of nitrogens with one attached hydrogen (secondary N) is 1. The molecule has 1 N–H and O–H groups in total. The third kappa shape index (κ3) is 5.40. The highest BCUT2D eigenvalue weighted by Gasteiger charge is 2.35. The number of piperazine rings is 1. The summed E-state index contributed by atoms with van der Waals surface area (Å²) in [6.45, 7) is 2.59. The van der Waals surface area contributed by atoms with E-state index < -0.39 is 21.0 Å². The third-order valence-electron chi connectivity index (χ3n) is 6.04. The minimum atomic E-state index is -3.93.